The van der Waals surface area contributed by atoms with Gasteiger partial charge in [0.1, 0.15) is 0 Å². The highest BCUT2D eigenvalue weighted by Gasteiger charge is 2.16. The maximum Gasteiger partial charge on any atom is 0.0110 e. The van der Waals surface area contributed by atoms with Gasteiger partial charge in [0.2, 0.25) is 0 Å². The minimum atomic E-state index is 0.713. The molecule has 0 aromatic heterocycles. The molecule has 0 bridgehead atoms. The average Bonchev–Trinajstić information content (AvgIpc) is 2.38. The van der Waals surface area contributed by atoms with E-state index in [1.807, 2.05) is 0 Å². The van der Waals surface area contributed by atoms with Gasteiger partial charge in [-0.15, -0.1) is 0 Å². The molecule has 1 fully saturated rings. The normalized spacial score (nSPS) is 18.7. The van der Waals surface area contributed by atoms with Crippen molar-refractivity contribution in [3.8, 4) is 0 Å². The van der Waals surface area contributed by atoms with Crippen LogP contribution >= 0.6 is 0 Å². The van der Waals surface area contributed by atoms with Gasteiger partial charge in [-0.05, 0) is 0 Å². The van der Waals surface area contributed by atoms with Gasteiger partial charge in [-0.2, -0.15) is 0 Å². The molecule has 108 valence electrons. The topological polar surface area (TPSA) is 87.8 Å². The van der Waals surface area contributed by atoms with Crippen LogP contribution in [0.25, 0.3) is 0 Å². The summed E-state index contributed by atoms with van der Waals surface area (Å²) in [4.78, 5) is 7.31. The molecule has 0 aromatic rings. The lowest BCUT2D eigenvalue weighted by molar-refractivity contribution is 0.121. The van der Waals surface area contributed by atoms with Crippen molar-refractivity contribution in [3.05, 3.63) is 0 Å². The summed E-state index contributed by atoms with van der Waals surface area (Å²) < 4.78 is 0. The van der Waals surface area contributed by atoms with Gasteiger partial charge in [-0.3, -0.25) is 14.7 Å². The highest BCUT2D eigenvalue weighted by Crippen LogP contribution is 2.01. The van der Waals surface area contributed by atoms with Crippen LogP contribution in [0, 0.1) is 0 Å². The van der Waals surface area contributed by atoms with E-state index in [0.717, 1.165) is 65.4 Å². The molecule has 1 rings (SSSR count). The summed E-state index contributed by atoms with van der Waals surface area (Å²) in [5, 5.41) is 0. The Labute approximate surface area is 111 Å². The van der Waals surface area contributed by atoms with Gasteiger partial charge < -0.3 is 17.2 Å². The zero-order valence-corrected chi connectivity index (χ0v) is 11.6. The number of hydrogen-bond donors (Lipinski definition) is 3. The summed E-state index contributed by atoms with van der Waals surface area (Å²) in [6.07, 6.45) is 0. The summed E-state index contributed by atoms with van der Waals surface area (Å²) in [6.45, 7) is 11.9. The van der Waals surface area contributed by atoms with Gasteiger partial charge in [-0.1, -0.05) is 0 Å². The molecule has 0 amide bonds. The van der Waals surface area contributed by atoms with E-state index in [2.05, 4.69) is 14.7 Å². The highest BCUT2D eigenvalue weighted by molar-refractivity contribution is 4.73. The Balaban J connectivity index is 2.15. The Bertz CT molecular complexity index is 187. The summed E-state index contributed by atoms with van der Waals surface area (Å²) in [6, 6.07) is 0. The van der Waals surface area contributed by atoms with Gasteiger partial charge in [0, 0.05) is 78.5 Å². The van der Waals surface area contributed by atoms with Crippen LogP contribution < -0.4 is 17.2 Å². The smallest absolute Gasteiger partial charge is 0.0110 e. The van der Waals surface area contributed by atoms with E-state index in [9.17, 15) is 0 Å². The molecule has 0 radical (unpaired) electrons. The second-order valence-corrected chi connectivity index (χ2v) is 4.89. The Morgan fingerprint density at radius 2 is 1.17 bits per heavy atom. The SMILES string of the molecule is NCCN(CCN)CCN1CCN(CCN)CC1. The second-order valence-electron chi connectivity index (χ2n) is 4.89. The standard InChI is InChI=1S/C12H30N6/c13-1-4-16(5-2-14)7-10-18-11-8-17(6-3-15)9-12-18/h1-15H2. The first-order valence-electron chi connectivity index (χ1n) is 7.07. The lowest BCUT2D eigenvalue weighted by Crippen LogP contribution is -2.50. The van der Waals surface area contributed by atoms with Crippen LogP contribution in [0.1, 0.15) is 0 Å². The summed E-state index contributed by atoms with van der Waals surface area (Å²) in [5.74, 6) is 0. The second kappa shape index (κ2) is 9.66. The van der Waals surface area contributed by atoms with Gasteiger partial charge in [0.25, 0.3) is 0 Å². The Kier molecular flexibility index (Phi) is 8.49. The van der Waals surface area contributed by atoms with Crippen LogP contribution in [0.5, 0.6) is 0 Å². The molecule has 0 atom stereocenters. The van der Waals surface area contributed by atoms with Crippen molar-refractivity contribution >= 4 is 0 Å². The third-order valence-electron chi connectivity index (χ3n) is 3.53. The van der Waals surface area contributed by atoms with Crippen molar-refractivity contribution in [2.75, 3.05) is 78.5 Å². The predicted octanol–water partition coefficient (Wildman–Crippen LogP) is -2.22. The molecule has 0 saturated carbocycles. The average molecular weight is 258 g/mol. The molecular weight excluding hydrogens is 228 g/mol. The lowest BCUT2D eigenvalue weighted by Gasteiger charge is -2.35. The van der Waals surface area contributed by atoms with Gasteiger partial charge in [0.05, 0.1) is 0 Å². The van der Waals surface area contributed by atoms with E-state index >= 15 is 0 Å². The molecule has 1 aliphatic rings. The molecule has 0 unspecified atom stereocenters. The lowest BCUT2D eigenvalue weighted by atomic mass is 10.3. The zero-order chi connectivity index (χ0) is 13.2. The van der Waals surface area contributed by atoms with Crippen molar-refractivity contribution in [1.29, 1.82) is 0 Å². The van der Waals surface area contributed by atoms with E-state index in [-0.39, 0.29) is 0 Å². The molecule has 18 heavy (non-hydrogen) atoms. The maximum absolute atomic E-state index is 5.61. The fourth-order valence-corrected chi connectivity index (χ4v) is 2.40. The maximum atomic E-state index is 5.61. The van der Waals surface area contributed by atoms with Crippen molar-refractivity contribution in [3.63, 3.8) is 0 Å². The first-order valence-corrected chi connectivity index (χ1v) is 7.07. The molecule has 6 heteroatoms. The number of piperazine rings is 1. The third-order valence-corrected chi connectivity index (χ3v) is 3.53. The number of nitrogens with two attached hydrogens (primary N) is 3. The van der Waals surface area contributed by atoms with E-state index in [1.54, 1.807) is 0 Å². The van der Waals surface area contributed by atoms with E-state index in [1.165, 1.54) is 0 Å². The first-order chi connectivity index (χ1) is 8.80. The Morgan fingerprint density at radius 3 is 1.61 bits per heavy atom. The number of rotatable bonds is 9. The number of hydrogen-bond acceptors (Lipinski definition) is 6. The van der Waals surface area contributed by atoms with Gasteiger partial charge in [-0.25, -0.2) is 0 Å². The van der Waals surface area contributed by atoms with Crippen molar-refractivity contribution in [2.24, 2.45) is 17.2 Å². The fraction of sp³-hybridized carbons (Fsp3) is 1.00. The molecule has 1 heterocycles. The summed E-state index contributed by atoms with van der Waals surface area (Å²) in [5.41, 5.74) is 16.8. The molecule has 0 spiro atoms. The molecule has 6 nitrogen and oxygen atoms in total. The molecule has 1 aliphatic heterocycles. The Morgan fingerprint density at radius 1 is 0.667 bits per heavy atom. The molecule has 0 aromatic carbocycles. The van der Waals surface area contributed by atoms with E-state index < -0.39 is 0 Å². The zero-order valence-electron chi connectivity index (χ0n) is 11.6. The summed E-state index contributed by atoms with van der Waals surface area (Å²) >= 11 is 0. The molecule has 1 saturated heterocycles. The first kappa shape index (κ1) is 15.8. The molecule has 6 N–H and O–H groups in total. The van der Waals surface area contributed by atoms with Crippen molar-refractivity contribution in [1.82, 2.24) is 14.7 Å². The number of nitrogens with zero attached hydrogens (tertiary/aromatic N) is 3. The minimum Gasteiger partial charge on any atom is -0.329 e. The quantitative estimate of drug-likeness (QED) is 0.434. The van der Waals surface area contributed by atoms with E-state index in [0.29, 0.717) is 13.1 Å². The Hall–Kier alpha value is -0.240. The third kappa shape index (κ3) is 6.08. The van der Waals surface area contributed by atoms with Gasteiger partial charge in [0.15, 0.2) is 0 Å². The molecule has 0 aliphatic carbocycles. The van der Waals surface area contributed by atoms with Crippen LogP contribution in [0.15, 0.2) is 0 Å². The highest BCUT2D eigenvalue weighted by atomic mass is 15.3. The predicted molar refractivity (Wildman–Crippen MR) is 76.5 cm³/mol. The van der Waals surface area contributed by atoms with Crippen LogP contribution in [0.2, 0.25) is 0 Å². The van der Waals surface area contributed by atoms with Gasteiger partial charge >= 0.3 is 0 Å². The van der Waals surface area contributed by atoms with Crippen molar-refractivity contribution < 1.29 is 0 Å². The van der Waals surface area contributed by atoms with E-state index in [4.69, 9.17) is 17.2 Å². The largest absolute Gasteiger partial charge is 0.329 e. The molecular formula is C12H30N6. The van der Waals surface area contributed by atoms with Crippen LogP contribution in [-0.2, 0) is 0 Å². The van der Waals surface area contributed by atoms with Crippen LogP contribution in [-0.4, -0.2) is 93.2 Å². The monoisotopic (exact) mass is 258 g/mol. The van der Waals surface area contributed by atoms with Crippen LogP contribution in [0.4, 0.5) is 0 Å². The minimum absolute atomic E-state index is 0.713. The summed E-state index contributed by atoms with van der Waals surface area (Å²) in [7, 11) is 0. The fourth-order valence-electron chi connectivity index (χ4n) is 2.40. The van der Waals surface area contributed by atoms with Crippen molar-refractivity contribution in [2.45, 2.75) is 0 Å². The van der Waals surface area contributed by atoms with Crippen LogP contribution in [0.3, 0.4) is 0 Å².